The molecule has 0 saturated heterocycles. The summed E-state index contributed by atoms with van der Waals surface area (Å²) in [6, 6.07) is 5.71. The van der Waals surface area contributed by atoms with Gasteiger partial charge in [0.15, 0.2) is 11.5 Å². The maximum absolute atomic E-state index is 11.8. The topological polar surface area (TPSA) is 125 Å². The van der Waals surface area contributed by atoms with E-state index in [4.69, 9.17) is 15.2 Å². The van der Waals surface area contributed by atoms with Crippen molar-refractivity contribution in [2.45, 2.75) is 13.5 Å². The summed E-state index contributed by atoms with van der Waals surface area (Å²) in [5, 5.41) is 12.7. The Balaban J connectivity index is 0.00000312. The van der Waals surface area contributed by atoms with Gasteiger partial charge in [0.05, 0.1) is 13.7 Å². The average molecular weight is 372 g/mol. The molecule has 138 valence electrons. The summed E-state index contributed by atoms with van der Waals surface area (Å²) < 4.78 is 15.3. The minimum Gasteiger partial charge on any atom is -1.00 e. The molecule has 0 unspecified atom stereocenters. The van der Waals surface area contributed by atoms with E-state index in [1.807, 2.05) is 25.1 Å². The van der Waals surface area contributed by atoms with E-state index >= 15 is 0 Å². The lowest BCUT2D eigenvalue weighted by atomic mass is 10.2. The van der Waals surface area contributed by atoms with Crippen LogP contribution in [0.5, 0.6) is 11.5 Å². The normalized spacial score (nSPS) is 10.0. The second kappa shape index (κ2) is 10.4. The van der Waals surface area contributed by atoms with Gasteiger partial charge in [-0.1, -0.05) is 12.1 Å². The summed E-state index contributed by atoms with van der Waals surface area (Å²) in [6.07, 6.45) is 0. The Kier molecular flexibility index (Phi) is 8.51. The number of nitrogens with two attached hydrogens (primary N) is 1. The summed E-state index contributed by atoms with van der Waals surface area (Å²) in [6.45, 7) is 4.01. The Morgan fingerprint density at radius 1 is 1.36 bits per heavy atom. The fourth-order valence-corrected chi connectivity index (χ4v) is 2.09. The Labute approximate surface area is 153 Å². The predicted molar refractivity (Wildman–Crippen MR) is 88.0 cm³/mol. The number of para-hydroxylation sites is 1. The van der Waals surface area contributed by atoms with Gasteiger partial charge >= 0.3 is 1.43 Å². The zero-order chi connectivity index (χ0) is 17.4. The molecule has 1 amide bonds. The van der Waals surface area contributed by atoms with Crippen LogP contribution < -0.4 is 38.2 Å². The quantitative estimate of drug-likeness (QED) is 0.420. The summed E-state index contributed by atoms with van der Waals surface area (Å²) >= 11 is 0. The van der Waals surface area contributed by atoms with Gasteiger partial charge in [-0.05, 0) is 23.3 Å². The second-order valence-corrected chi connectivity index (χ2v) is 4.81. The van der Waals surface area contributed by atoms with Gasteiger partial charge < -0.3 is 38.2 Å². The van der Waals surface area contributed by atoms with E-state index in [1.165, 1.54) is 0 Å². The summed E-state index contributed by atoms with van der Waals surface area (Å²) in [5.74, 6) is 0.962. The third-order valence-corrected chi connectivity index (χ3v) is 3.20. The van der Waals surface area contributed by atoms with E-state index in [2.05, 4.69) is 25.6 Å². The van der Waals surface area contributed by atoms with Gasteiger partial charge in [-0.15, -0.1) is 0 Å². The van der Waals surface area contributed by atoms with Crippen molar-refractivity contribution in [2.24, 2.45) is 0 Å². The first kappa shape index (κ1) is 20.5. The molecule has 0 radical (unpaired) electrons. The van der Waals surface area contributed by atoms with Gasteiger partial charge in [-0.2, -0.15) is 0 Å². The van der Waals surface area contributed by atoms with Crippen LogP contribution in [0.3, 0.4) is 0 Å². The minimum absolute atomic E-state index is 0. The molecule has 0 aliphatic rings. The Morgan fingerprint density at radius 3 is 2.80 bits per heavy atom. The molecule has 25 heavy (non-hydrogen) atoms. The molecule has 0 atom stereocenters. The van der Waals surface area contributed by atoms with Crippen molar-refractivity contribution in [3.63, 3.8) is 0 Å². The number of nitrogens with one attached hydrogen (secondary N) is 2. The lowest BCUT2D eigenvalue weighted by molar-refractivity contribution is -0.0000146. The molecular weight excluding hydrogens is 350 g/mol. The van der Waals surface area contributed by atoms with Crippen LogP contribution in [0.1, 0.15) is 24.4 Å². The van der Waals surface area contributed by atoms with Crippen LogP contribution >= 0.6 is 0 Å². The molecule has 0 spiro atoms. The maximum Gasteiger partial charge on any atom is 1.00 e. The zero-order valence-electron chi connectivity index (χ0n) is 15.0. The zero-order valence-corrected chi connectivity index (χ0v) is 14.8. The number of carbonyl (C=O) groups excluding carboxylic acids is 1. The first-order valence-electron chi connectivity index (χ1n) is 7.53. The van der Waals surface area contributed by atoms with Crippen molar-refractivity contribution in [3.8, 4) is 11.5 Å². The van der Waals surface area contributed by atoms with Crippen molar-refractivity contribution in [1.82, 2.24) is 20.9 Å². The predicted octanol–water partition coefficient (Wildman–Crippen LogP) is -2.30. The average Bonchev–Trinajstić information content (AvgIpc) is 3.02. The van der Waals surface area contributed by atoms with Crippen molar-refractivity contribution < 1.29 is 32.7 Å². The summed E-state index contributed by atoms with van der Waals surface area (Å²) in [5.41, 5.74) is 6.42. The number of nitrogens with zero attached hydrogens (tertiary/aromatic N) is 2. The lowest BCUT2D eigenvalue weighted by Gasteiger charge is -2.14. The third-order valence-electron chi connectivity index (χ3n) is 3.20. The number of halogens is 1. The highest BCUT2D eigenvalue weighted by Gasteiger charge is 2.15. The highest BCUT2D eigenvalue weighted by atomic mass is 35.5. The van der Waals surface area contributed by atoms with E-state index in [0.717, 1.165) is 11.3 Å². The Bertz CT molecular complexity index is 686. The van der Waals surface area contributed by atoms with Crippen LogP contribution in [0.15, 0.2) is 22.8 Å². The Hall–Kier alpha value is -2.52. The first-order chi connectivity index (χ1) is 11.7. The SMILES string of the molecule is CCOc1c(CNCCNC(=O)c2nonc2N)cccc1OC.[Cl-].[H+]. The molecule has 2 rings (SSSR count). The van der Waals surface area contributed by atoms with Gasteiger partial charge in [0.2, 0.25) is 11.5 Å². The smallest absolute Gasteiger partial charge is 1.00 e. The van der Waals surface area contributed by atoms with Gasteiger partial charge in [0.1, 0.15) is 0 Å². The van der Waals surface area contributed by atoms with Crippen LogP contribution in [-0.2, 0) is 6.54 Å². The van der Waals surface area contributed by atoms with Crippen LogP contribution in [0.25, 0.3) is 0 Å². The largest absolute Gasteiger partial charge is 1.00 e. The molecule has 1 aromatic carbocycles. The number of aromatic nitrogens is 2. The fraction of sp³-hybridized carbons (Fsp3) is 0.400. The number of nitrogen functional groups attached to an aromatic ring is 1. The van der Waals surface area contributed by atoms with Crippen LogP contribution in [0.4, 0.5) is 5.82 Å². The molecule has 1 heterocycles. The van der Waals surface area contributed by atoms with E-state index in [-0.39, 0.29) is 25.3 Å². The molecule has 2 aromatic rings. The molecule has 0 aliphatic carbocycles. The van der Waals surface area contributed by atoms with Gasteiger partial charge in [-0.3, -0.25) is 4.79 Å². The minimum atomic E-state index is -0.424. The van der Waals surface area contributed by atoms with Crippen LogP contribution in [-0.4, -0.2) is 43.0 Å². The second-order valence-electron chi connectivity index (χ2n) is 4.81. The fourth-order valence-electron chi connectivity index (χ4n) is 2.09. The maximum atomic E-state index is 11.8. The number of carbonyl (C=O) groups is 1. The Morgan fingerprint density at radius 2 is 2.16 bits per heavy atom. The van der Waals surface area contributed by atoms with Crippen molar-refractivity contribution in [3.05, 3.63) is 29.5 Å². The number of hydrogen-bond donors (Lipinski definition) is 3. The number of rotatable bonds is 9. The number of methoxy groups -OCH3 is 1. The molecule has 0 bridgehead atoms. The first-order valence-corrected chi connectivity index (χ1v) is 7.53. The third kappa shape index (κ3) is 5.50. The van der Waals surface area contributed by atoms with Crippen molar-refractivity contribution in [2.75, 3.05) is 32.5 Å². The number of ether oxygens (including phenoxy) is 2. The summed E-state index contributed by atoms with van der Waals surface area (Å²) in [7, 11) is 1.61. The van der Waals surface area contributed by atoms with Crippen molar-refractivity contribution >= 4 is 11.7 Å². The molecule has 1 aromatic heterocycles. The summed E-state index contributed by atoms with van der Waals surface area (Å²) in [4.78, 5) is 11.8. The molecule has 9 nitrogen and oxygen atoms in total. The van der Waals surface area contributed by atoms with Gasteiger partial charge in [0.25, 0.3) is 5.91 Å². The molecule has 0 aliphatic heterocycles. The molecule has 4 N–H and O–H groups in total. The molecule has 0 fully saturated rings. The number of amides is 1. The van der Waals surface area contributed by atoms with E-state index < -0.39 is 5.91 Å². The number of anilines is 1. The number of hydrogen-bond acceptors (Lipinski definition) is 8. The van der Waals surface area contributed by atoms with Crippen LogP contribution in [0, 0.1) is 0 Å². The van der Waals surface area contributed by atoms with E-state index in [1.54, 1.807) is 7.11 Å². The highest BCUT2D eigenvalue weighted by Crippen LogP contribution is 2.30. The molecular formula is C15H22ClN5O4. The van der Waals surface area contributed by atoms with Crippen molar-refractivity contribution in [1.29, 1.82) is 0 Å². The van der Waals surface area contributed by atoms with Gasteiger partial charge in [0, 0.05) is 25.2 Å². The standard InChI is InChI=1S/C15H21N5O4.ClH/c1-3-23-13-10(5-4-6-11(13)22-2)9-17-7-8-18-15(21)12-14(16)20-24-19-12;/h4-6,17H,3,7-9H2,1-2H3,(H2,16,20)(H,18,21);1H. The molecule has 10 heteroatoms. The van der Waals surface area contributed by atoms with E-state index in [9.17, 15) is 4.79 Å². The van der Waals surface area contributed by atoms with Crippen LogP contribution in [0.2, 0.25) is 0 Å². The lowest BCUT2D eigenvalue weighted by Crippen LogP contribution is -3.00. The highest BCUT2D eigenvalue weighted by molar-refractivity contribution is 5.95. The molecule has 0 saturated carbocycles. The monoisotopic (exact) mass is 371 g/mol. The van der Waals surface area contributed by atoms with Gasteiger partial charge in [-0.25, -0.2) is 4.63 Å². The number of benzene rings is 1. The van der Waals surface area contributed by atoms with E-state index in [0.29, 0.717) is 32.0 Å².